The number of carboxylic acids is 1. The summed E-state index contributed by atoms with van der Waals surface area (Å²) in [5.74, 6) is -1.07. The zero-order valence-corrected chi connectivity index (χ0v) is 16.4. The average molecular weight is 398 g/mol. The second-order valence-electron chi connectivity index (χ2n) is 7.48. The highest BCUT2D eigenvalue weighted by Crippen LogP contribution is 2.24. The molecule has 3 rings (SSSR count). The molecule has 0 radical (unpaired) electrons. The number of fused-ring (bicyclic) bond motifs is 1. The molecule has 2 N–H and O–H groups in total. The van der Waals surface area contributed by atoms with Gasteiger partial charge in [0.05, 0.1) is 6.04 Å². The third kappa shape index (κ3) is 6.12. The maximum Gasteiger partial charge on any atom is 0.303 e. The molecule has 0 saturated heterocycles. The molecule has 0 bridgehead atoms. The summed E-state index contributed by atoms with van der Waals surface area (Å²) >= 11 is 0. The molecule has 0 aliphatic carbocycles. The third-order valence-electron chi connectivity index (χ3n) is 5.36. The molecule has 1 aliphatic heterocycles. The lowest BCUT2D eigenvalue weighted by Gasteiger charge is -2.36. The summed E-state index contributed by atoms with van der Waals surface area (Å²) in [5.41, 5.74) is 3.39. The van der Waals surface area contributed by atoms with E-state index in [4.69, 9.17) is 5.11 Å². The molecule has 5 nitrogen and oxygen atoms in total. The van der Waals surface area contributed by atoms with E-state index < -0.39 is 5.97 Å². The zero-order chi connectivity index (χ0) is 20.6. The summed E-state index contributed by atoms with van der Waals surface area (Å²) in [6.45, 7) is 1.88. The van der Waals surface area contributed by atoms with Gasteiger partial charge in [0.25, 0.3) is 0 Å². The van der Waals surface area contributed by atoms with Crippen LogP contribution < -0.4 is 5.32 Å². The first-order valence-electron chi connectivity index (χ1n) is 10.1. The number of amides is 1. The van der Waals surface area contributed by atoms with Crippen molar-refractivity contribution >= 4 is 11.9 Å². The predicted octanol–water partition coefficient (Wildman–Crippen LogP) is 3.17. The molecular weight excluding hydrogens is 371 g/mol. The molecule has 0 fully saturated rings. The lowest BCUT2D eigenvalue weighted by molar-refractivity contribution is -0.137. The zero-order valence-electron chi connectivity index (χ0n) is 16.4. The van der Waals surface area contributed by atoms with Crippen LogP contribution in [0.1, 0.15) is 36.0 Å². The highest BCUT2D eigenvalue weighted by atomic mass is 19.1. The summed E-state index contributed by atoms with van der Waals surface area (Å²) in [6, 6.07) is 14.2. The quantitative estimate of drug-likeness (QED) is 0.637. The van der Waals surface area contributed by atoms with Crippen molar-refractivity contribution in [3.63, 3.8) is 0 Å². The number of nitrogens with zero attached hydrogens (tertiary/aromatic N) is 1. The largest absolute Gasteiger partial charge is 0.481 e. The number of rotatable bonds is 9. The van der Waals surface area contributed by atoms with E-state index in [1.165, 1.54) is 23.3 Å². The van der Waals surface area contributed by atoms with Gasteiger partial charge in [-0.2, -0.15) is 0 Å². The minimum Gasteiger partial charge on any atom is -0.481 e. The number of halogens is 1. The summed E-state index contributed by atoms with van der Waals surface area (Å²) < 4.78 is 13.0. The first-order chi connectivity index (χ1) is 14.0. The maximum atomic E-state index is 13.0. The smallest absolute Gasteiger partial charge is 0.303 e. The Labute approximate surface area is 170 Å². The fourth-order valence-electron chi connectivity index (χ4n) is 3.76. The minimum atomic E-state index is -0.788. The van der Waals surface area contributed by atoms with Gasteiger partial charge in [0.15, 0.2) is 0 Å². The Morgan fingerprint density at radius 3 is 2.52 bits per heavy atom. The Kier molecular flexibility index (Phi) is 7.36. The maximum absolute atomic E-state index is 13.0. The molecule has 1 aliphatic rings. The van der Waals surface area contributed by atoms with E-state index in [0.29, 0.717) is 38.9 Å². The van der Waals surface area contributed by atoms with Crippen LogP contribution in [0.25, 0.3) is 0 Å². The molecule has 2 aromatic carbocycles. The lowest BCUT2D eigenvalue weighted by atomic mass is 9.93. The normalized spacial score (nSPS) is 16.2. The molecule has 1 atom stereocenters. The Bertz CT molecular complexity index is 838. The molecule has 0 aromatic heterocycles. The molecule has 154 valence electrons. The van der Waals surface area contributed by atoms with Crippen LogP contribution in [-0.2, 0) is 29.0 Å². The fourth-order valence-corrected chi connectivity index (χ4v) is 3.76. The summed E-state index contributed by atoms with van der Waals surface area (Å²) in [4.78, 5) is 25.8. The topological polar surface area (TPSA) is 69.6 Å². The second kappa shape index (κ2) is 10.2. The van der Waals surface area contributed by atoms with Gasteiger partial charge in [-0.25, -0.2) is 4.39 Å². The van der Waals surface area contributed by atoms with E-state index in [1.807, 2.05) is 12.1 Å². The number of aliphatic carboxylic acids is 1. The molecular formula is C23H27FN2O3. The van der Waals surface area contributed by atoms with Crippen LogP contribution in [0, 0.1) is 5.82 Å². The lowest BCUT2D eigenvalue weighted by Crippen LogP contribution is -2.50. The third-order valence-corrected chi connectivity index (χ3v) is 5.36. The Hall–Kier alpha value is -2.73. The van der Waals surface area contributed by atoms with Gasteiger partial charge in [0.2, 0.25) is 5.91 Å². The SMILES string of the molecule is O=C(O)CCCCN1Cc2ccccc2CC1C(=O)NCCc1ccc(F)cc1. The average Bonchev–Trinajstić information content (AvgIpc) is 2.72. The summed E-state index contributed by atoms with van der Waals surface area (Å²) in [6.07, 6.45) is 2.80. The van der Waals surface area contributed by atoms with Crippen LogP contribution >= 0.6 is 0 Å². The number of carboxylic acid groups (broad SMARTS) is 1. The number of benzene rings is 2. The molecule has 1 heterocycles. The molecule has 0 spiro atoms. The van der Waals surface area contributed by atoms with Crippen LogP contribution in [0.5, 0.6) is 0 Å². The van der Waals surface area contributed by atoms with Crippen molar-refractivity contribution < 1.29 is 19.1 Å². The van der Waals surface area contributed by atoms with Crippen LogP contribution in [-0.4, -0.2) is 41.0 Å². The van der Waals surface area contributed by atoms with E-state index in [1.54, 1.807) is 12.1 Å². The Balaban J connectivity index is 1.58. The van der Waals surface area contributed by atoms with E-state index in [2.05, 4.69) is 22.3 Å². The first-order valence-corrected chi connectivity index (χ1v) is 10.1. The van der Waals surface area contributed by atoms with E-state index in [9.17, 15) is 14.0 Å². The Morgan fingerprint density at radius 1 is 1.07 bits per heavy atom. The van der Waals surface area contributed by atoms with E-state index >= 15 is 0 Å². The second-order valence-corrected chi connectivity index (χ2v) is 7.48. The van der Waals surface area contributed by atoms with Gasteiger partial charge in [-0.05, 0) is 61.1 Å². The van der Waals surface area contributed by atoms with Crippen molar-refractivity contribution in [2.45, 2.75) is 44.7 Å². The highest BCUT2D eigenvalue weighted by Gasteiger charge is 2.30. The number of hydrogen-bond donors (Lipinski definition) is 2. The molecule has 0 saturated carbocycles. The predicted molar refractivity (Wildman–Crippen MR) is 109 cm³/mol. The van der Waals surface area contributed by atoms with Gasteiger partial charge < -0.3 is 10.4 Å². The van der Waals surface area contributed by atoms with Crippen LogP contribution in [0.3, 0.4) is 0 Å². The van der Waals surface area contributed by atoms with Gasteiger partial charge in [-0.15, -0.1) is 0 Å². The van der Waals surface area contributed by atoms with Crippen molar-refractivity contribution in [1.29, 1.82) is 0 Å². The van der Waals surface area contributed by atoms with Gasteiger partial charge in [0.1, 0.15) is 5.82 Å². The molecule has 29 heavy (non-hydrogen) atoms. The molecule has 6 heteroatoms. The summed E-state index contributed by atoms with van der Waals surface area (Å²) in [5, 5.41) is 11.8. The number of carbonyl (C=O) groups is 2. The first kappa shape index (κ1) is 21.0. The molecule has 1 unspecified atom stereocenters. The van der Waals surface area contributed by atoms with Crippen molar-refractivity contribution in [3.05, 3.63) is 71.0 Å². The fraction of sp³-hybridized carbons (Fsp3) is 0.391. The van der Waals surface area contributed by atoms with Crippen molar-refractivity contribution in [2.24, 2.45) is 0 Å². The van der Waals surface area contributed by atoms with Gasteiger partial charge >= 0.3 is 5.97 Å². The number of hydrogen-bond acceptors (Lipinski definition) is 3. The number of carbonyl (C=O) groups excluding carboxylic acids is 1. The molecule has 2 aromatic rings. The van der Waals surface area contributed by atoms with Crippen molar-refractivity contribution in [3.8, 4) is 0 Å². The van der Waals surface area contributed by atoms with E-state index in [-0.39, 0.29) is 24.2 Å². The van der Waals surface area contributed by atoms with Crippen LogP contribution in [0.4, 0.5) is 4.39 Å². The minimum absolute atomic E-state index is 0.0140. The molecule has 1 amide bonds. The van der Waals surface area contributed by atoms with Crippen LogP contribution in [0.15, 0.2) is 48.5 Å². The van der Waals surface area contributed by atoms with Crippen molar-refractivity contribution in [1.82, 2.24) is 10.2 Å². The highest BCUT2D eigenvalue weighted by molar-refractivity contribution is 5.82. The van der Waals surface area contributed by atoms with Gasteiger partial charge in [-0.1, -0.05) is 36.4 Å². The van der Waals surface area contributed by atoms with Gasteiger partial charge in [-0.3, -0.25) is 14.5 Å². The van der Waals surface area contributed by atoms with Gasteiger partial charge in [0, 0.05) is 19.5 Å². The number of unbranched alkanes of at least 4 members (excludes halogenated alkanes) is 1. The number of nitrogens with one attached hydrogen (secondary N) is 1. The summed E-state index contributed by atoms with van der Waals surface area (Å²) in [7, 11) is 0. The van der Waals surface area contributed by atoms with Crippen molar-refractivity contribution in [2.75, 3.05) is 13.1 Å². The Morgan fingerprint density at radius 2 is 1.79 bits per heavy atom. The monoisotopic (exact) mass is 398 g/mol. The van der Waals surface area contributed by atoms with Crippen LogP contribution in [0.2, 0.25) is 0 Å². The standard InChI is InChI=1S/C23H27FN2O3/c24-20-10-8-17(9-11-20)12-13-25-23(29)21-15-18-5-1-2-6-19(18)16-26(21)14-4-3-7-22(27)28/h1-2,5-6,8-11,21H,3-4,7,12-16H2,(H,25,29)(H,27,28). The van der Waals surface area contributed by atoms with E-state index in [0.717, 1.165) is 12.0 Å².